The van der Waals surface area contributed by atoms with E-state index in [1.54, 1.807) is 37.7 Å². The third kappa shape index (κ3) is 4.40. The predicted octanol–water partition coefficient (Wildman–Crippen LogP) is 6.54. The standard InChI is InChI=1S/C26H20F3N5O/c1-16-14-17(11-12-30-16)19-10-9-18(15-23(19)35-2)31-25-32-24-21(7-5-13-34(24)33-25)20-6-3-4-8-22(20)26(27,28)29/h3-15H,1-2H3,(H,31,33). The number of methoxy groups -OCH3 is 1. The third-order valence-corrected chi connectivity index (χ3v) is 5.55. The average molecular weight is 475 g/mol. The molecule has 0 saturated carbocycles. The van der Waals surface area contributed by atoms with Crippen molar-refractivity contribution in [3.63, 3.8) is 0 Å². The quantitative estimate of drug-likeness (QED) is 0.313. The molecule has 6 nitrogen and oxygen atoms in total. The van der Waals surface area contributed by atoms with Crippen molar-refractivity contribution in [3.8, 4) is 28.0 Å². The molecule has 0 saturated heterocycles. The van der Waals surface area contributed by atoms with Crippen LogP contribution in [0.2, 0.25) is 0 Å². The third-order valence-electron chi connectivity index (χ3n) is 5.55. The fourth-order valence-electron chi connectivity index (χ4n) is 3.98. The molecule has 35 heavy (non-hydrogen) atoms. The molecule has 9 heteroatoms. The van der Waals surface area contributed by atoms with Crippen LogP contribution >= 0.6 is 0 Å². The Balaban J connectivity index is 1.51. The molecule has 0 bridgehead atoms. The van der Waals surface area contributed by atoms with Gasteiger partial charge in [-0.3, -0.25) is 4.98 Å². The summed E-state index contributed by atoms with van der Waals surface area (Å²) in [6, 6.07) is 18.1. The largest absolute Gasteiger partial charge is 0.496 e. The number of rotatable bonds is 5. The smallest absolute Gasteiger partial charge is 0.417 e. The van der Waals surface area contributed by atoms with E-state index in [0.29, 0.717) is 22.6 Å². The zero-order chi connectivity index (χ0) is 24.6. The number of pyridine rings is 2. The molecule has 0 aliphatic heterocycles. The number of anilines is 2. The molecule has 2 aromatic carbocycles. The normalized spacial score (nSPS) is 11.6. The van der Waals surface area contributed by atoms with Crippen LogP contribution in [-0.2, 0) is 6.18 Å². The number of halogens is 3. The second-order valence-corrected chi connectivity index (χ2v) is 7.89. The van der Waals surface area contributed by atoms with Gasteiger partial charge >= 0.3 is 6.18 Å². The summed E-state index contributed by atoms with van der Waals surface area (Å²) in [7, 11) is 1.59. The number of aryl methyl sites for hydroxylation is 1. The number of nitrogens with one attached hydrogen (secondary N) is 1. The Hall–Kier alpha value is -4.40. The van der Waals surface area contributed by atoms with E-state index in [1.807, 2.05) is 37.3 Å². The lowest BCUT2D eigenvalue weighted by molar-refractivity contribution is -0.137. The van der Waals surface area contributed by atoms with E-state index in [4.69, 9.17) is 4.74 Å². The van der Waals surface area contributed by atoms with Gasteiger partial charge in [0.15, 0.2) is 5.65 Å². The minimum atomic E-state index is -4.49. The van der Waals surface area contributed by atoms with E-state index in [-0.39, 0.29) is 11.5 Å². The first kappa shape index (κ1) is 22.4. The molecule has 0 aliphatic carbocycles. The Labute approximate surface area is 199 Å². The number of hydrogen-bond acceptors (Lipinski definition) is 5. The van der Waals surface area contributed by atoms with Crippen LogP contribution in [0.25, 0.3) is 27.9 Å². The van der Waals surface area contributed by atoms with Gasteiger partial charge in [-0.05, 0) is 60.5 Å². The van der Waals surface area contributed by atoms with Gasteiger partial charge in [0.1, 0.15) is 5.75 Å². The predicted molar refractivity (Wildman–Crippen MR) is 128 cm³/mol. The van der Waals surface area contributed by atoms with Crippen LogP contribution in [0.4, 0.5) is 24.8 Å². The maximum Gasteiger partial charge on any atom is 0.417 e. The topological polar surface area (TPSA) is 64.3 Å². The van der Waals surface area contributed by atoms with E-state index in [0.717, 1.165) is 22.9 Å². The van der Waals surface area contributed by atoms with Gasteiger partial charge in [-0.25, -0.2) is 4.52 Å². The number of fused-ring (bicyclic) bond motifs is 1. The molecule has 0 radical (unpaired) electrons. The molecule has 176 valence electrons. The fraction of sp³-hybridized carbons (Fsp3) is 0.115. The minimum Gasteiger partial charge on any atom is -0.496 e. The van der Waals surface area contributed by atoms with Gasteiger partial charge < -0.3 is 10.1 Å². The van der Waals surface area contributed by atoms with Gasteiger partial charge in [0.25, 0.3) is 0 Å². The Morgan fingerprint density at radius 2 is 1.71 bits per heavy atom. The monoisotopic (exact) mass is 475 g/mol. The first-order valence-corrected chi connectivity index (χ1v) is 10.7. The van der Waals surface area contributed by atoms with E-state index < -0.39 is 11.7 Å². The van der Waals surface area contributed by atoms with Crippen LogP contribution in [0.3, 0.4) is 0 Å². The highest BCUT2D eigenvalue weighted by atomic mass is 19.4. The van der Waals surface area contributed by atoms with Crippen LogP contribution in [-0.4, -0.2) is 26.7 Å². The highest BCUT2D eigenvalue weighted by Gasteiger charge is 2.34. The molecule has 5 aromatic rings. The SMILES string of the molecule is COc1cc(Nc2nc3c(-c4ccccc4C(F)(F)F)cccn3n2)ccc1-c1ccnc(C)c1. The van der Waals surface area contributed by atoms with Gasteiger partial charge in [-0.1, -0.05) is 18.2 Å². The molecule has 0 spiro atoms. The maximum atomic E-state index is 13.6. The minimum absolute atomic E-state index is 0.0446. The Morgan fingerprint density at radius 3 is 2.49 bits per heavy atom. The van der Waals surface area contributed by atoms with Crippen molar-refractivity contribution in [1.82, 2.24) is 19.6 Å². The van der Waals surface area contributed by atoms with Gasteiger partial charge in [-0.2, -0.15) is 18.2 Å². The van der Waals surface area contributed by atoms with E-state index in [9.17, 15) is 13.2 Å². The molecule has 0 fully saturated rings. The number of benzene rings is 2. The first-order valence-electron chi connectivity index (χ1n) is 10.7. The van der Waals surface area contributed by atoms with E-state index in [1.165, 1.54) is 16.6 Å². The zero-order valence-electron chi connectivity index (χ0n) is 18.8. The van der Waals surface area contributed by atoms with Gasteiger partial charge in [0.05, 0.1) is 12.7 Å². The van der Waals surface area contributed by atoms with Crippen molar-refractivity contribution in [3.05, 3.63) is 90.4 Å². The van der Waals surface area contributed by atoms with Crippen molar-refractivity contribution < 1.29 is 17.9 Å². The average Bonchev–Trinajstić information content (AvgIpc) is 3.26. The molecule has 0 atom stereocenters. The second kappa shape index (κ2) is 8.75. The van der Waals surface area contributed by atoms with Gasteiger partial charge in [-0.15, -0.1) is 5.10 Å². The highest BCUT2D eigenvalue weighted by molar-refractivity contribution is 5.81. The Kier molecular flexibility index (Phi) is 5.60. The highest BCUT2D eigenvalue weighted by Crippen LogP contribution is 2.38. The number of nitrogens with zero attached hydrogens (tertiary/aromatic N) is 4. The molecular weight excluding hydrogens is 455 g/mol. The number of alkyl halides is 3. The van der Waals surface area contributed by atoms with E-state index >= 15 is 0 Å². The summed E-state index contributed by atoms with van der Waals surface area (Å²) in [6.07, 6.45) is -1.11. The lowest BCUT2D eigenvalue weighted by atomic mass is 10.0. The number of aromatic nitrogens is 4. The van der Waals surface area contributed by atoms with Crippen molar-refractivity contribution in [2.24, 2.45) is 0 Å². The summed E-state index contributed by atoms with van der Waals surface area (Å²) in [5.74, 6) is 0.889. The Morgan fingerprint density at radius 1 is 0.914 bits per heavy atom. The van der Waals surface area contributed by atoms with Crippen LogP contribution in [0, 0.1) is 6.92 Å². The molecule has 0 amide bonds. The van der Waals surface area contributed by atoms with Crippen LogP contribution in [0.1, 0.15) is 11.3 Å². The van der Waals surface area contributed by atoms with Crippen molar-refractivity contribution >= 4 is 17.3 Å². The lowest BCUT2D eigenvalue weighted by Crippen LogP contribution is -2.07. The summed E-state index contributed by atoms with van der Waals surface area (Å²) >= 11 is 0. The van der Waals surface area contributed by atoms with Crippen molar-refractivity contribution in [2.75, 3.05) is 12.4 Å². The van der Waals surface area contributed by atoms with Gasteiger partial charge in [0, 0.05) is 41.0 Å². The van der Waals surface area contributed by atoms with Crippen molar-refractivity contribution in [2.45, 2.75) is 13.1 Å². The molecule has 3 heterocycles. The number of hydrogen-bond donors (Lipinski definition) is 1. The molecule has 3 aromatic heterocycles. The summed E-state index contributed by atoms with van der Waals surface area (Å²) < 4.78 is 47.9. The first-order chi connectivity index (χ1) is 16.8. The lowest BCUT2D eigenvalue weighted by Gasteiger charge is -2.12. The van der Waals surface area contributed by atoms with Crippen LogP contribution in [0.15, 0.2) is 79.1 Å². The number of ether oxygens (including phenoxy) is 1. The zero-order valence-corrected chi connectivity index (χ0v) is 18.8. The molecular formula is C26H20F3N5O. The van der Waals surface area contributed by atoms with Crippen molar-refractivity contribution in [1.29, 1.82) is 0 Å². The summed E-state index contributed by atoms with van der Waals surface area (Å²) in [6.45, 7) is 1.92. The van der Waals surface area contributed by atoms with Gasteiger partial charge in [0.2, 0.25) is 5.95 Å². The maximum absolute atomic E-state index is 13.6. The fourth-order valence-corrected chi connectivity index (χ4v) is 3.98. The molecule has 0 aliphatic rings. The van der Waals surface area contributed by atoms with Crippen LogP contribution in [0.5, 0.6) is 5.75 Å². The van der Waals surface area contributed by atoms with Crippen LogP contribution < -0.4 is 10.1 Å². The molecule has 0 unspecified atom stereocenters. The Bertz CT molecular complexity index is 1530. The summed E-state index contributed by atoms with van der Waals surface area (Å²) in [5.41, 5.74) is 3.40. The van der Waals surface area contributed by atoms with E-state index in [2.05, 4.69) is 20.4 Å². The molecule has 5 rings (SSSR count). The molecule has 1 N–H and O–H groups in total. The summed E-state index contributed by atoms with van der Waals surface area (Å²) in [5, 5.41) is 7.52. The summed E-state index contributed by atoms with van der Waals surface area (Å²) in [4.78, 5) is 8.71. The second-order valence-electron chi connectivity index (χ2n) is 7.89.